The molecule has 1 aromatic carbocycles. The van der Waals surface area contributed by atoms with Gasteiger partial charge in [0.2, 0.25) is 0 Å². The largest absolute Gasteiger partial charge is 0.488 e. The fourth-order valence-corrected chi connectivity index (χ4v) is 0.995. The molecule has 0 amide bonds. The van der Waals surface area contributed by atoms with Crippen LogP contribution in [0, 0.1) is 0 Å². The molecule has 90 valence electrons. The van der Waals surface area contributed by atoms with E-state index in [1.54, 1.807) is 18.2 Å². The number of ether oxygens (including phenoxy) is 2. The first-order valence-corrected chi connectivity index (χ1v) is 4.66. The Labute approximate surface area is 92.3 Å². The fourth-order valence-electron chi connectivity index (χ4n) is 0.995. The molecule has 0 unspecified atom stereocenters. The maximum atomic E-state index is 8.59. The van der Waals surface area contributed by atoms with E-state index in [0.29, 0.717) is 11.5 Å². The van der Waals surface area contributed by atoms with Crippen LogP contribution in [0.1, 0.15) is 0 Å². The van der Waals surface area contributed by atoms with Crippen LogP contribution >= 0.6 is 0 Å². The van der Waals surface area contributed by atoms with Gasteiger partial charge in [-0.2, -0.15) is 0 Å². The molecule has 1 rings (SSSR count). The molecule has 0 bridgehead atoms. The zero-order valence-corrected chi connectivity index (χ0v) is 8.48. The zero-order chi connectivity index (χ0) is 12.0. The molecule has 16 heavy (non-hydrogen) atoms. The average molecular weight is 230 g/mol. The molecular formula is C10H14O6. The van der Waals surface area contributed by atoms with Crippen molar-refractivity contribution in [2.75, 3.05) is 13.2 Å². The van der Waals surface area contributed by atoms with Crippen molar-refractivity contribution in [2.24, 2.45) is 0 Å². The fraction of sp³-hybridized carbons (Fsp3) is 0.400. The maximum Gasteiger partial charge on any atom is 0.186 e. The van der Waals surface area contributed by atoms with E-state index in [0.717, 1.165) is 0 Å². The first-order chi connectivity index (χ1) is 7.58. The molecule has 0 radical (unpaired) electrons. The van der Waals surface area contributed by atoms with E-state index in [-0.39, 0.29) is 13.2 Å². The van der Waals surface area contributed by atoms with Gasteiger partial charge in [-0.25, -0.2) is 0 Å². The standard InChI is InChI=1S/C10H14O6/c11-9(12)5-15-7-2-1-3-8(4-7)16-6-10(13)14/h1-4,9-14H,5-6H2. The molecule has 0 aliphatic carbocycles. The van der Waals surface area contributed by atoms with Crippen molar-refractivity contribution in [2.45, 2.75) is 12.6 Å². The number of rotatable bonds is 6. The summed E-state index contributed by atoms with van der Waals surface area (Å²) in [5.41, 5.74) is 0. The van der Waals surface area contributed by atoms with Crippen LogP contribution in [-0.4, -0.2) is 46.2 Å². The highest BCUT2D eigenvalue weighted by Gasteiger charge is 2.03. The van der Waals surface area contributed by atoms with Gasteiger partial charge in [0.1, 0.15) is 24.7 Å². The third-order valence-electron chi connectivity index (χ3n) is 1.60. The number of benzene rings is 1. The topological polar surface area (TPSA) is 99.4 Å². The van der Waals surface area contributed by atoms with Crippen LogP contribution < -0.4 is 9.47 Å². The van der Waals surface area contributed by atoms with Crippen LogP contribution in [-0.2, 0) is 0 Å². The van der Waals surface area contributed by atoms with Crippen LogP contribution in [0.3, 0.4) is 0 Å². The van der Waals surface area contributed by atoms with Crippen molar-refractivity contribution in [3.05, 3.63) is 24.3 Å². The Morgan fingerprint density at radius 2 is 1.31 bits per heavy atom. The summed E-state index contributed by atoms with van der Waals surface area (Å²) < 4.78 is 10.0. The van der Waals surface area contributed by atoms with Crippen molar-refractivity contribution in [3.63, 3.8) is 0 Å². The van der Waals surface area contributed by atoms with Crippen molar-refractivity contribution in [1.29, 1.82) is 0 Å². The lowest BCUT2D eigenvalue weighted by atomic mass is 10.3. The monoisotopic (exact) mass is 230 g/mol. The molecule has 0 aromatic heterocycles. The Balaban J connectivity index is 2.50. The Morgan fingerprint density at radius 3 is 1.69 bits per heavy atom. The molecule has 0 atom stereocenters. The van der Waals surface area contributed by atoms with Crippen molar-refractivity contribution < 1.29 is 29.9 Å². The van der Waals surface area contributed by atoms with Gasteiger partial charge in [0.05, 0.1) is 0 Å². The van der Waals surface area contributed by atoms with Gasteiger partial charge in [-0.15, -0.1) is 0 Å². The maximum absolute atomic E-state index is 8.59. The Bertz CT molecular complexity index is 285. The highest BCUT2D eigenvalue weighted by atomic mass is 16.6. The normalized spacial score (nSPS) is 10.9. The minimum Gasteiger partial charge on any atom is -0.488 e. The smallest absolute Gasteiger partial charge is 0.186 e. The average Bonchev–Trinajstić information content (AvgIpc) is 2.24. The molecule has 4 N–H and O–H groups in total. The lowest BCUT2D eigenvalue weighted by Gasteiger charge is -2.10. The first kappa shape index (κ1) is 12.7. The molecule has 6 nitrogen and oxygen atoms in total. The van der Waals surface area contributed by atoms with Crippen LogP contribution in [0.5, 0.6) is 11.5 Å². The van der Waals surface area contributed by atoms with E-state index in [9.17, 15) is 0 Å². The highest BCUT2D eigenvalue weighted by molar-refractivity contribution is 5.32. The second-order valence-electron chi connectivity index (χ2n) is 3.06. The molecule has 0 saturated carbocycles. The van der Waals surface area contributed by atoms with E-state index in [4.69, 9.17) is 29.9 Å². The highest BCUT2D eigenvalue weighted by Crippen LogP contribution is 2.19. The Hall–Kier alpha value is -1.34. The predicted molar refractivity (Wildman–Crippen MR) is 53.9 cm³/mol. The van der Waals surface area contributed by atoms with Gasteiger partial charge in [0, 0.05) is 6.07 Å². The lowest BCUT2D eigenvalue weighted by molar-refractivity contribution is -0.0690. The summed E-state index contributed by atoms with van der Waals surface area (Å²) in [4.78, 5) is 0. The van der Waals surface area contributed by atoms with Gasteiger partial charge in [0.25, 0.3) is 0 Å². The summed E-state index contributed by atoms with van der Waals surface area (Å²) in [7, 11) is 0. The number of aliphatic hydroxyl groups excluding tert-OH is 2. The quantitative estimate of drug-likeness (QED) is 0.471. The summed E-state index contributed by atoms with van der Waals surface area (Å²) in [6, 6.07) is 6.37. The second-order valence-corrected chi connectivity index (χ2v) is 3.06. The molecule has 6 heteroatoms. The molecule has 1 aromatic rings. The minimum atomic E-state index is -1.54. The van der Waals surface area contributed by atoms with Gasteiger partial charge >= 0.3 is 0 Å². The molecule has 0 fully saturated rings. The van der Waals surface area contributed by atoms with Gasteiger partial charge < -0.3 is 29.9 Å². The molecule has 0 aliphatic rings. The van der Waals surface area contributed by atoms with Gasteiger partial charge in [-0.05, 0) is 12.1 Å². The molecule has 0 spiro atoms. The summed E-state index contributed by atoms with van der Waals surface area (Å²) in [6.07, 6.45) is -3.08. The third kappa shape index (κ3) is 4.94. The summed E-state index contributed by atoms with van der Waals surface area (Å²) >= 11 is 0. The number of aliphatic hydroxyl groups is 4. The molecule has 0 saturated heterocycles. The van der Waals surface area contributed by atoms with Gasteiger partial charge in [0.15, 0.2) is 12.6 Å². The van der Waals surface area contributed by atoms with Crippen LogP contribution in [0.2, 0.25) is 0 Å². The van der Waals surface area contributed by atoms with Crippen molar-refractivity contribution in [3.8, 4) is 11.5 Å². The van der Waals surface area contributed by atoms with Crippen molar-refractivity contribution >= 4 is 0 Å². The summed E-state index contributed by atoms with van der Waals surface area (Å²) in [5, 5.41) is 34.4. The predicted octanol–water partition coefficient (Wildman–Crippen LogP) is -0.934. The minimum absolute atomic E-state index is 0.244. The Kier molecular flexibility index (Phi) is 5.00. The van der Waals surface area contributed by atoms with Gasteiger partial charge in [-0.3, -0.25) is 0 Å². The summed E-state index contributed by atoms with van der Waals surface area (Å²) in [5.74, 6) is 0.802. The number of hydrogen-bond acceptors (Lipinski definition) is 6. The van der Waals surface area contributed by atoms with E-state index in [2.05, 4.69) is 0 Å². The van der Waals surface area contributed by atoms with Crippen molar-refractivity contribution in [1.82, 2.24) is 0 Å². The summed E-state index contributed by atoms with van der Waals surface area (Å²) in [6.45, 7) is -0.488. The number of hydrogen-bond donors (Lipinski definition) is 4. The van der Waals surface area contributed by atoms with E-state index in [1.165, 1.54) is 6.07 Å². The van der Waals surface area contributed by atoms with Crippen LogP contribution in [0.4, 0.5) is 0 Å². The molecule has 0 aliphatic heterocycles. The van der Waals surface area contributed by atoms with E-state index in [1.807, 2.05) is 0 Å². The SMILES string of the molecule is OC(O)COc1cccc(OCC(O)O)c1. The lowest BCUT2D eigenvalue weighted by Crippen LogP contribution is -2.17. The van der Waals surface area contributed by atoms with E-state index >= 15 is 0 Å². The molecular weight excluding hydrogens is 216 g/mol. The zero-order valence-electron chi connectivity index (χ0n) is 8.48. The van der Waals surface area contributed by atoms with Crippen LogP contribution in [0.25, 0.3) is 0 Å². The molecule has 0 heterocycles. The third-order valence-corrected chi connectivity index (χ3v) is 1.60. The second kappa shape index (κ2) is 6.29. The van der Waals surface area contributed by atoms with E-state index < -0.39 is 12.6 Å². The first-order valence-electron chi connectivity index (χ1n) is 4.66. The van der Waals surface area contributed by atoms with Gasteiger partial charge in [-0.1, -0.05) is 6.07 Å². The Morgan fingerprint density at radius 1 is 0.875 bits per heavy atom. The van der Waals surface area contributed by atoms with Crippen LogP contribution in [0.15, 0.2) is 24.3 Å².